The first kappa shape index (κ1) is 10.4. The maximum atomic E-state index is 11.0. The molecule has 2 N–H and O–H groups in total. The average molecular weight is 161 g/mol. The molecule has 0 aromatic carbocycles. The van der Waals surface area contributed by atoms with E-state index in [0.29, 0.717) is 0 Å². The SMILES string of the molecule is CNC(CO)C(=O)OC(C)C. The van der Waals surface area contributed by atoms with Gasteiger partial charge in [-0.05, 0) is 20.9 Å². The van der Waals surface area contributed by atoms with Gasteiger partial charge in [0, 0.05) is 0 Å². The van der Waals surface area contributed by atoms with Crippen LogP contribution < -0.4 is 5.32 Å². The highest BCUT2D eigenvalue weighted by Gasteiger charge is 2.17. The van der Waals surface area contributed by atoms with Crippen LogP contribution in [0.1, 0.15) is 13.8 Å². The highest BCUT2D eigenvalue weighted by Crippen LogP contribution is 1.93. The third-order valence-corrected chi connectivity index (χ3v) is 1.17. The Balaban J connectivity index is 3.79. The fourth-order valence-corrected chi connectivity index (χ4v) is 0.598. The predicted octanol–water partition coefficient (Wildman–Crippen LogP) is -0.482. The number of hydrogen-bond acceptors (Lipinski definition) is 4. The Morgan fingerprint density at radius 1 is 1.64 bits per heavy atom. The Labute approximate surface area is 66.5 Å². The van der Waals surface area contributed by atoms with Crippen LogP contribution in [0.2, 0.25) is 0 Å². The number of aliphatic hydroxyl groups excluding tert-OH is 1. The molecule has 0 amide bonds. The standard InChI is InChI=1S/C7H15NO3/c1-5(2)11-7(10)6(4-9)8-3/h5-6,8-9H,4H2,1-3H3. The number of esters is 1. The third kappa shape index (κ3) is 3.95. The molecule has 0 saturated heterocycles. The normalized spacial score (nSPS) is 13.2. The number of likely N-dealkylation sites (N-methyl/N-ethyl adjacent to an activating group) is 1. The lowest BCUT2D eigenvalue weighted by Gasteiger charge is -2.14. The lowest BCUT2D eigenvalue weighted by atomic mass is 10.3. The molecule has 4 heteroatoms. The van der Waals surface area contributed by atoms with Crippen molar-refractivity contribution in [2.45, 2.75) is 26.0 Å². The maximum Gasteiger partial charge on any atom is 0.325 e. The van der Waals surface area contributed by atoms with Crippen LogP contribution >= 0.6 is 0 Å². The van der Waals surface area contributed by atoms with Crippen LogP contribution in [0.3, 0.4) is 0 Å². The van der Waals surface area contributed by atoms with Crippen LogP contribution in [0.4, 0.5) is 0 Å². The molecule has 0 aliphatic rings. The van der Waals surface area contributed by atoms with Gasteiger partial charge in [-0.1, -0.05) is 0 Å². The van der Waals surface area contributed by atoms with Gasteiger partial charge >= 0.3 is 5.97 Å². The first-order valence-electron chi connectivity index (χ1n) is 3.60. The van der Waals surface area contributed by atoms with Gasteiger partial charge in [0.1, 0.15) is 6.04 Å². The van der Waals surface area contributed by atoms with Gasteiger partial charge in [0.15, 0.2) is 0 Å². The molecule has 66 valence electrons. The van der Waals surface area contributed by atoms with Crippen LogP contribution in [-0.4, -0.2) is 36.9 Å². The Morgan fingerprint density at radius 2 is 2.18 bits per heavy atom. The van der Waals surface area contributed by atoms with Crippen LogP contribution in [-0.2, 0) is 9.53 Å². The number of aliphatic hydroxyl groups is 1. The maximum absolute atomic E-state index is 11.0. The van der Waals surface area contributed by atoms with E-state index in [1.165, 1.54) is 0 Å². The zero-order chi connectivity index (χ0) is 8.85. The molecule has 0 aliphatic heterocycles. The van der Waals surface area contributed by atoms with E-state index < -0.39 is 12.0 Å². The van der Waals surface area contributed by atoms with Crippen molar-refractivity contribution in [1.29, 1.82) is 0 Å². The summed E-state index contributed by atoms with van der Waals surface area (Å²) in [4.78, 5) is 11.0. The number of carbonyl (C=O) groups is 1. The van der Waals surface area contributed by atoms with Gasteiger partial charge in [-0.25, -0.2) is 0 Å². The molecule has 0 aliphatic carbocycles. The zero-order valence-corrected chi connectivity index (χ0v) is 7.13. The predicted molar refractivity (Wildman–Crippen MR) is 41.2 cm³/mol. The molecule has 0 fully saturated rings. The van der Waals surface area contributed by atoms with Crippen molar-refractivity contribution in [3.63, 3.8) is 0 Å². The van der Waals surface area contributed by atoms with Crippen LogP contribution in [0.25, 0.3) is 0 Å². The highest BCUT2D eigenvalue weighted by atomic mass is 16.5. The molecule has 1 unspecified atom stereocenters. The van der Waals surface area contributed by atoms with Gasteiger partial charge in [0.2, 0.25) is 0 Å². The number of nitrogens with one attached hydrogen (secondary N) is 1. The summed E-state index contributed by atoms with van der Waals surface area (Å²) in [7, 11) is 1.60. The van der Waals surface area contributed by atoms with E-state index in [0.717, 1.165) is 0 Å². The summed E-state index contributed by atoms with van der Waals surface area (Å²) in [5, 5.41) is 11.3. The molecule has 0 bridgehead atoms. The minimum Gasteiger partial charge on any atom is -0.462 e. The van der Waals surface area contributed by atoms with Crippen molar-refractivity contribution in [2.24, 2.45) is 0 Å². The van der Waals surface area contributed by atoms with Crippen LogP contribution in [0.15, 0.2) is 0 Å². The minimum atomic E-state index is -0.600. The second kappa shape index (κ2) is 5.09. The first-order valence-corrected chi connectivity index (χ1v) is 3.60. The quantitative estimate of drug-likeness (QED) is 0.547. The van der Waals surface area contributed by atoms with E-state index in [4.69, 9.17) is 9.84 Å². The van der Waals surface area contributed by atoms with Crippen molar-refractivity contribution in [2.75, 3.05) is 13.7 Å². The van der Waals surface area contributed by atoms with Crippen molar-refractivity contribution < 1.29 is 14.6 Å². The molecule has 0 spiro atoms. The molecule has 0 rings (SSSR count). The molecule has 0 saturated carbocycles. The number of rotatable bonds is 4. The molecule has 11 heavy (non-hydrogen) atoms. The molecule has 0 aromatic rings. The van der Waals surface area contributed by atoms with E-state index in [2.05, 4.69) is 5.32 Å². The Bertz CT molecular complexity index is 121. The van der Waals surface area contributed by atoms with Crippen molar-refractivity contribution in [3.05, 3.63) is 0 Å². The zero-order valence-electron chi connectivity index (χ0n) is 7.13. The van der Waals surface area contributed by atoms with Crippen molar-refractivity contribution >= 4 is 5.97 Å². The van der Waals surface area contributed by atoms with E-state index in [1.807, 2.05) is 0 Å². The molecule has 4 nitrogen and oxygen atoms in total. The molecule has 0 radical (unpaired) electrons. The van der Waals surface area contributed by atoms with Gasteiger partial charge in [-0.15, -0.1) is 0 Å². The summed E-state index contributed by atoms with van der Waals surface area (Å²) >= 11 is 0. The Hall–Kier alpha value is -0.610. The average Bonchev–Trinajstić information content (AvgIpc) is 1.88. The molecular weight excluding hydrogens is 146 g/mol. The summed E-state index contributed by atoms with van der Waals surface area (Å²) in [5.41, 5.74) is 0. The number of carbonyl (C=O) groups excluding carboxylic acids is 1. The first-order chi connectivity index (χ1) is 5.11. The van der Waals surface area contributed by atoms with E-state index >= 15 is 0 Å². The molecule has 1 atom stereocenters. The number of hydrogen-bond donors (Lipinski definition) is 2. The van der Waals surface area contributed by atoms with Gasteiger partial charge in [0.05, 0.1) is 12.7 Å². The summed E-state index contributed by atoms with van der Waals surface area (Å²) in [5.74, 6) is -0.412. The van der Waals surface area contributed by atoms with E-state index in [9.17, 15) is 4.79 Å². The number of ether oxygens (including phenoxy) is 1. The molecule has 0 aromatic heterocycles. The highest BCUT2D eigenvalue weighted by molar-refractivity contribution is 5.75. The largest absolute Gasteiger partial charge is 0.462 e. The van der Waals surface area contributed by atoms with Crippen LogP contribution in [0, 0.1) is 0 Å². The van der Waals surface area contributed by atoms with Crippen molar-refractivity contribution in [3.8, 4) is 0 Å². The second-order valence-corrected chi connectivity index (χ2v) is 2.51. The smallest absolute Gasteiger partial charge is 0.325 e. The summed E-state index contributed by atoms with van der Waals surface area (Å²) in [6, 6.07) is -0.600. The topological polar surface area (TPSA) is 58.6 Å². The minimum absolute atomic E-state index is 0.134. The summed E-state index contributed by atoms with van der Waals surface area (Å²) in [6.45, 7) is 3.30. The second-order valence-electron chi connectivity index (χ2n) is 2.51. The Morgan fingerprint density at radius 3 is 2.45 bits per heavy atom. The Kier molecular flexibility index (Phi) is 4.81. The third-order valence-electron chi connectivity index (χ3n) is 1.17. The van der Waals surface area contributed by atoms with Gasteiger partial charge in [-0.3, -0.25) is 4.79 Å². The molecular formula is C7H15NO3. The summed E-state index contributed by atoms with van der Waals surface area (Å²) < 4.78 is 4.83. The van der Waals surface area contributed by atoms with E-state index in [-0.39, 0.29) is 12.7 Å². The lowest BCUT2D eigenvalue weighted by molar-refractivity contribution is -0.150. The van der Waals surface area contributed by atoms with Gasteiger partial charge in [0.25, 0.3) is 0 Å². The fourth-order valence-electron chi connectivity index (χ4n) is 0.598. The van der Waals surface area contributed by atoms with Crippen molar-refractivity contribution in [1.82, 2.24) is 5.32 Å². The monoisotopic (exact) mass is 161 g/mol. The fraction of sp³-hybridized carbons (Fsp3) is 0.857. The lowest BCUT2D eigenvalue weighted by Crippen LogP contribution is -2.39. The summed E-state index contributed by atoms with van der Waals surface area (Å²) in [6.07, 6.45) is -0.134. The van der Waals surface area contributed by atoms with Gasteiger partial charge < -0.3 is 15.2 Å². The van der Waals surface area contributed by atoms with Gasteiger partial charge in [-0.2, -0.15) is 0 Å². The van der Waals surface area contributed by atoms with Crippen LogP contribution in [0.5, 0.6) is 0 Å². The van der Waals surface area contributed by atoms with E-state index in [1.54, 1.807) is 20.9 Å². The molecule has 0 heterocycles.